The van der Waals surface area contributed by atoms with Crippen LogP contribution in [0.3, 0.4) is 0 Å². The maximum Gasteiger partial charge on any atom is 0.0232 e. The minimum absolute atomic E-state index is 0.852. The third kappa shape index (κ3) is 2.48. The highest BCUT2D eigenvalue weighted by molar-refractivity contribution is 4.82. The molecule has 2 aliphatic rings. The Morgan fingerprint density at radius 1 is 1.21 bits per heavy atom. The monoisotopic (exact) mass is 196 g/mol. The van der Waals surface area contributed by atoms with Gasteiger partial charge >= 0.3 is 0 Å². The molecule has 0 bridgehead atoms. The zero-order valence-corrected chi connectivity index (χ0v) is 9.47. The quantitative estimate of drug-likeness (QED) is 0.725. The molecule has 2 nitrogen and oxygen atoms in total. The molecule has 0 aromatic heterocycles. The van der Waals surface area contributed by atoms with E-state index in [1.165, 1.54) is 58.3 Å². The summed E-state index contributed by atoms with van der Waals surface area (Å²) in [7, 11) is 0. The molecule has 0 aromatic carbocycles. The standard InChI is InChI=1S/C12H24N2/c1-2-11-4-3-8-14(9-6-11)12-5-7-13-10-12/h11-13H,2-10H2,1H3. The normalized spacial score (nSPS) is 35.8. The first-order valence-electron chi connectivity index (χ1n) is 6.35. The van der Waals surface area contributed by atoms with Crippen molar-refractivity contribution in [3.8, 4) is 0 Å². The van der Waals surface area contributed by atoms with Crippen molar-refractivity contribution in [2.75, 3.05) is 26.2 Å². The van der Waals surface area contributed by atoms with Crippen LogP contribution in [0, 0.1) is 5.92 Å². The molecule has 2 saturated heterocycles. The van der Waals surface area contributed by atoms with E-state index in [1.54, 1.807) is 0 Å². The van der Waals surface area contributed by atoms with Gasteiger partial charge in [-0.1, -0.05) is 13.3 Å². The van der Waals surface area contributed by atoms with Crippen LogP contribution < -0.4 is 5.32 Å². The molecular formula is C12H24N2. The summed E-state index contributed by atoms with van der Waals surface area (Å²) in [6, 6.07) is 0.852. The predicted octanol–water partition coefficient (Wildman–Crippen LogP) is 1.86. The zero-order valence-electron chi connectivity index (χ0n) is 9.47. The van der Waals surface area contributed by atoms with E-state index in [0.717, 1.165) is 12.0 Å². The molecule has 1 N–H and O–H groups in total. The van der Waals surface area contributed by atoms with Crippen LogP contribution in [0.4, 0.5) is 0 Å². The van der Waals surface area contributed by atoms with Crippen LogP contribution in [0.15, 0.2) is 0 Å². The van der Waals surface area contributed by atoms with Crippen LogP contribution in [-0.4, -0.2) is 37.1 Å². The average Bonchev–Trinajstić information content (AvgIpc) is 2.63. The second-order valence-corrected chi connectivity index (χ2v) is 4.89. The topological polar surface area (TPSA) is 15.3 Å². The van der Waals surface area contributed by atoms with Gasteiger partial charge < -0.3 is 5.32 Å². The van der Waals surface area contributed by atoms with Gasteiger partial charge in [-0.2, -0.15) is 0 Å². The maximum atomic E-state index is 3.47. The highest BCUT2D eigenvalue weighted by atomic mass is 15.2. The molecule has 2 heterocycles. The van der Waals surface area contributed by atoms with Crippen molar-refractivity contribution in [3.63, 3.8) is 0 Å². The van der Waals surface area contributed by atoms with Gasteiger partial charge in [0.15, 0.2) is 0 Å². The van der Waals surface area contributed by atoms with E-state index >= 15 is 0 Å². The molecule has 0 aromatic rings. The minimum Gasteiger partial charge on any atom is -0.315 e. The van der Waals surface area contributed by atoms with E-state index in [0.29, 0.717) is 0 Å². The molecular weight excluding hydrogens is 172 g/mol. The smallest absolute Gasteiger partial charge is 0.0232 e. The Bertz CT molecular complexity index is 164. The van der Waals surface area contributed by atoms with Crippen LogP contribution in [-0.2, 0) is 0 Å². The highest BCUT2D eigenvalue weighted by Crippen LogP contribution is 2.22. The summed E-state index contributed by atoms with van der Waals surface area (Å²) in [5, 5.41) is 3.47. The molecule has 2 fully saturated rings. The van der Waals surface area contributed by atoms with Gasteiger partial charge in [-0.15, -0.1) is 0 Å². The highest BCUT2D eigenvalue weighted by Gasteiger charge is 2.24. The van der Waals surface area contributed by atoms with Crippen molar-refractivity contribution < 1.29 is 0 Å². The number of nitrogens with zero attached hydrogens (tertiary/aromatic N) is 1. The molecule has 2 atom stereocenters. The molecule has 2 heteroatoms. The van der Waals surface area contributed by atoms with Gasteiger partial charge in [0.25, 0.3) is 0 Å². The fraction of sp³-hybridized carbons (Fsp3) is 1.00. The lowest BCUT2D eigenvalue weighted by Gasteiger charge is -2.26. The van der Waals surface area contributed by atoms with Gasteiger partial charge in [0.05, 0.1) is 0 Å². The second kappa shape index (κ2) is 5.13. The SMILES string of the molecule is CCC1CCCN(C2CCNC2)CC1. The third-order valence-electron chi connectivity index (χ3n) is 4.01. The van der Waals surface area contributed by atoms with Gasteiger partial charge in [-0.05, 0) is 51.2 Å². The Kier molecular flexibility index (Phi) is 3.82. The summed E-state index contributed by atoms with van der Waals surface area (Å²) in [6.45, 7) is 7.51. The molecule has 0 saturated carbocycles. The first kappa shape index (κ1) is 10.4. The van der Waals surface area contributed by atoms with Gasteiger partial charge in [-0.25, -0.2) is 0 Å². The number of hydrogen-bond acceptors (Lipinski definition) is 2. The fourth-order valence-electron chi connectivity index (χ4n) is 2.91. The fourth-order valence-corrected chi connectivity index (χ4v) is 2.91. The average molecular weight is 196 g/mol. The van der Waals surface area contributed by atoms with Gasteiger partial charge in [0.2, 0.25) is 0 Å². The van der Waals surface area contributed by atoms with Gasteiger partial charge in [0.1, 0.15) is 0 Å². The van der Waals surface area contributed by atoms with E-state index in [4.69, 9.17) is 0 Å². The van der Waals surface area contributed by atoms with Crippen molar-refractivity contribution in [1.29, 1.82) is 0 Å². The van der Waals surface area contributed by atoms with Crippen LogP contribution in [0.2, 0.25) is 0 Å². The number of hydrogen-bond donors (Lipinski definition) is 1. The molecule has 0 spiro atoms. The Labute approximate surface area is 88.1 Å². The van der Waals surface area contributed by atoms with Crippen molar-refractivity contribution in [1.82, 2.24) is 10.2 Å². The minimum atomic E-state index is 0.852. The summed E-state index contributed by atoms with van der Waals surface area (Å²) in [4.78, 5) is 2.73. The van der Waals surface area contributed by atoms with Crippen molar-refractivity contribution in [2.24, 2.45) is 5.92 Å². The van der Waals surface area contributed by atoms with E-state index in [1.807, 2.05) is 0 Å². The zero-order chi connectivity index (χ0) is 9.80. The molecule has 2 aliphatic heterocycles. The lowest BCUT2D eigenvalue weighted by atomic mass is 9.98. The van der Waals surface area contributed by atoms with Crippen LogP contribution >= 0.6 is 0 Å². The molecule has 14 heavy (non-hydrogen) atoms. The van der Waals surface area contributed by atoms with Crippen molar-refractivity contribution in [3.05, 3.63) is 0 Å². The first-order valence-corrected chi connectivity index (χ1v) is 6.35. The maximum absolute atomic E-state index is 3.47. The van der Waals surface area contributed by atoms with Crippen LogP contribution in [0.5, 0.6) is 0 Å². The molecule has 82 valence electrons. The first-order chi connectivity index (χ1) is 6.90. The summed E-state index contributed by atoms with van der Waals surface area (Å²) in [5.74, 6) is 1.01. The van der Waals surface area contributed by atoms with Gasteiger partial charge in [0, 0.05) is 12.6 Å². The van der Waals surface area contributed by atoms with E-state index in [2.05, 4.69) is 17.1 Å². The summed E-state index contributed by atoms with van der Waals surface area (Å²) >= 11 is 0. The van der Waals surface area contributed by atoms with Gasteiger partial charge in [-0.3, -0.25) is 4.90 Å². The van der Waals surface area contributed by atoms with Crippen LogP contribution in [0.1, 0.15) is 39.0 Å². The molecule has 2 unspecified atom stereocenters. The Balaban J connectivity index is 1.82. The summed E-state index contributed by atoms with van der Waals surface area (Å²) < 4.78 is 0. The Morgan fingerprint density at radius 2 is 2.14 bits per heavy atom. The lowest BCUT2D eigenvalue weighted by molar-refractivity contribution is 0.213. The van der Waals surface area contributed by atoms with E-state index in [-0.39, 0.29) is 0 Å². The molecule has 0 radical (unpaired) electrons. The van der Waals surface area contributed by atoms with Crippen molar-refractivity contribution >= 4 is 0 Å². The molecule has 2 rings (SSSR count). The largest absolute Gasteiger partial charge is 0.315 e. The second-order valence-electron chi connectivity index (χ2n) is 4.89. The molecule has 0 aliphatic carbocycles. The number of nitrogens with one attached hydrogen (secondary N) is 1. The van der Waals surface area contributed by atoms with Crippen LogP contribution in [0.25, 0.3) is 0 Å². The summed E-state index contributed by atoms with van der Waals surface area (Å²) in [6.07, 6.45) is 7.09. The third-order valence-corrected chi connectivity index (χ3v) is 4.01. The Hall–Kier alpha value is -0.0800. The summed E-state index contributed by atoms with van der Waals surface area (Å²) in [5.41, 5.74) is 0. The van der Waals surface area contributed by atoms with E-state index < -0.39 is 0 Å². The Morgan fingerprint density at radius 3 is 2.86 bits per heavy atom. The van der Waals surface area contributed by atoms with E-state index in [9.17, 15) is 0 Å². The van der Waals surface area contributed by atoms with Crippen molar-refractivity contribution in [2.45, 2.75) is 45.1 Å². The molecule has 0 amide bonds. The number of likely N-dealkylation sites (tertiary alicyclic amines) is 1. The lowest BCUT2D eigenvalue weighted by Crippen LogP contribution is -2.37. The number of rotatable bonds is 2. The predicted molar refractivity (Wildman–Crippen MR) is 60.5 cm³/mol.